The van der Waals surface area contributed by atoms with E-state index in [0.29, 0.717) is 6.42 Å². The van der Waals surface area contributed by atoms with E-state index >= 15 is 0 Å². The first-order valence-corrected chi connectivity index (χ1v) is 11.3. The number of likely N-dealkylation sites (tertiary alicyclic amines) is 1. The third-order valence-corrected chi connectivity index (χ3v) is 6.74. The van der Waals surface area contributed by atoms with Crippen LogP contribution in [-0.4, -0.2) is 67.7 Å². The van der Waals surface area contributed by atoms with Crippen molar-refractivity contribution in [1.82, 2.24) is 9.80 Å². The molecule has 1 unspecified atom stereocenters. The molecule has 2 aromatic rings. The molecule has 0 radical (unpaired) electrons. The molecule has 2 saturated heterocycles. The maximum atomic E-state index is 12.9. The summed E-state index contributed by atoms with van der Waals surface area (Å²) >= 11 is 0. The van der Waals surface area contributed by atoms with Gasteiger partial charge in [-0.3, -0.25) is 9.69 Å². The highest BCUT2D eigenvalue weighted by molar-refractivity contribution is 5.79. The molecule has 166 valence electrons. The summed E-state index contributed by atoms with van der Waals surface area (Å²) in [4.78, 5) is 17.4. The van der Waals surface area contributed by atoms with Crippen LogP contribution >= 0.6 is 0 Å². The van der Waals surface area contributed by atoms with Gasteiger partial charge < -0.3 is 14.4 Å². The number of morpholine rings is 1. The van der Waals surface area contributed by atoms with E-state index in [1.165, 1.54) is 11.1 Å². The van der Waals surface area contributed by atoms with E-state index in [2.05, 4.69) is 48.2 Å². The van der Waals surface area contributed by atoms with Gasteiger partial charge in [0.2, 0.25) is 5.91 Å². The van der Waals surface area contributed by atoms with Crippen LogP contribution in [0.25, 0.3) is 0 Å². The van der Waals surface area contributed by atoms with Crippen LogP contribution in [0, 0.1) is 6.92 Å². The van der Waals surface area contributed by atoms with Crippen LogP contribution in [0.15, 0.2) is 54.6 Å². The van der Waals surface area contributed by atoms with Gasteiger partial charge in [0.25, 0.3) is 0 Å². The third kappa shape index (κ3) is 5.35. The zero-order valence-corrected chi connectivity index (χ0v) is 18.8. The topological polar surface area (TPSA) is 42.0 Å². The van der Waals surface area contributed by atoms with E-state index in [0.717, 1.165) is 57.7 Å². The van der Waals surface area contributed by atoms with Crippen LogP contribution in [0.4, 0.5) is 0 Å². The summed E-state index contributed by atoms with van der Waals surface area (Å²) in [6.07, 6.45) is 2.28. The van der Waals surface area contributed by atoms with Gasteiger partial charge in [0.15, 0.2) is 0 Å². The lowest BCUT2D eigenvalue weighted by Gasteiger charge is -2.50. The van der Waals surface area contributed by atoms with Crippen molar-refractivity contribution < 1.29 is 14.3 Å². The Balaban J connectivity index is 1.42. The summed E-state index contributed by atoms with van der Waals surface area (Å²) < 4.78 is 12.1. The van der Waals surface area contributed by atoms with Gasteiger partial charge in [-0.25, -0.2) is 0 Å². The van der Waals surface area contributed by atoms with Crippen molar-refractivity contribution in [2.75, 3.05) is 46.4 Å². The summed E-state index contributed by atoms with van der Waals surface area (Å²) in [6, 6.07) is 18.7. The highest BCUT2D eigenvalue weighted by atomic mass is 16.5. The minimum Gasteiger partial charge on any atom is -0.383 e. The molecule has 2 aliphatic rings. The Bertz CT molecular complexity index is 862. The summed E-state index contributed by atoms with van der Waals surface area (Å²) in [5, 5.41) is 0. The Kier molecular flexibility index (Phi) is 7.06. The first kappa shape index (κ1) is 22.0. The SMILES string of the molecule is COCCN1CC(c2ccccc2)OC2(CCN(C(=O)Cc3ccccc3C)CC2)C1. The predicted octanol–water partition coefficient (Wildman–Crippen LogP) is 3.62. The van der Waals surface area contributed by atoms with Gasteiger partial charge >= 0.3 is 0 Å². The largest absolute Gasteiger partial charge is 0.383 e. The van der Waals surface area contributed by atoms with Crippen LogP contribution < -0.4 is 0 Å². The van der Waals surface area contributed by atoms with E-state index in [9.17, 15) is 4.79 Å². The van der Waals surface area contributed by atoms with Crippen LogP contribution in [-0.2, 0) is 20.7 Å². The quantitative estimate of drug-likeness (QED) is 0.713. The van der Waals surface area contributed by atoms with Gasteiger partial charge in [-0.1, -0.05) is 54.6 Å². The average molecular weight is 423 g/mol. The number of carbonyl (C=O) groups excluding carboxylic acids is 1. The van der Waals surface area contributed by atoms with Crippen molar-refractivity contribution in [3.8, 4) is 0 Å². The molecule has 0 saturated carbocycles. The summed E-state index contributed by atoms with van der Waals surface area (Å²) in [5.41, 5.74) is 3.32. The molecule has 1 amide bonds. The number of hydrogen-bond donors (Lipinski definition) is 0. The second-order valence-corrected chi connectivity index (χ2v) is 8.91. The van der Waals surface area contributed by atoms with E-state index in [-0.39, 0.29) is 17.6 Å². The Hall–Kier alpha value is -2.21. The zero-order chi connectivity index (χ0) is 21.7. The highest BCUT2D eigenvalue weighted by Gasteiger charge is 2.43. The molecule has 1 atom stereocenters. The van der Waals surface area contributed by atoms with E-state index in [4.69, 9.17) is 9.47 Å². The lowest BCUT2D eigenvalue weighted by molar-refractivity contribution is -0.181. The van der Waals surface area contributed by atoms with Crippen LogP contribution in [0.5, 0.6) is 0 Å². The summed E-state index contributed by atoms with van der Waals surface area (Å²) in [7, 11) is 1.75. The molecule has 0 bridgehead atoms. The van der Waals surface area contributed by atoms with Crippen LogP contribution in [0.1, 0.15) is 35.6 Å². The summed E-state index contributed by atoms with van der Waals surface area (Å²) in [6.45, 7) is 6.99. The second-order valence-electron chi connectivity index (χ2n) is 8.91. The fraction of sp³-hybridized carbons (Fsp3) is 0.500. The Morgan fingerprint density at radius 1 is 1.10 bits per heavy atom. The second kappa shape index (κ2) is 9.94. The Morgan fingerprint density at radius 3 is 2.52 bits per heavy atom. The number of aryl methyl sites for hydroxylation is 1. The molecule has 0 aromatic heterocycles. The summed E-state index contributed by atoms with van der Waals surface area (Å²) in [5.74, 6) is 0.218. The van der Waals surface area contributed by atoms with Gasteiger partial charge in [0, 0.05) is 39.8 Å². The fourth-order valence-corrected chi connectivity index (χ4v) is 4.84. The number of ether oxygens (including phenoxy) is 2. The monoisotopic (exact) mass is 422 g/mol. The number of nitrogens with zero attached hydrogens (tertiary/aromatic N) is 2. The van der Waals surface area contributed by atoms with Crippen molar-refractivity contribution in [3.63, 3.8) is 0 Å². The number of amides is 1. The van der Waals surface area contributed by atoms with Crippen molar-refractivity contribution in [2.24, 2.45) is 0 Å². The molecule has 0 N–H and O–H groups in total. The number of hydrogen-bond acceptors (Lipinski definition) is 4. The standard InChI is InChI=1S/C26H34N2O3/c1-21-8-6-7-11-23(21)18-25(29)28-14-12-26(13-15-28)20-27(16-17-30-2)19-24(31-26)22-9-4-3-5-10-22/h3-11,24H,12-20H2,1-2H3. The van der Waals surface area contributed by atoms with Gasteiger partial charge in [0.05, 0.1) is 24.7 Å². The number of benzene rings is 2. The molecular weight excluding hydrogens is 388 g/mol. The molecule has 2 fully saturated rings. The highest BCUT2D eigenvalue weighted by Crippen LogP contribution is 2.37. The zero-order valence-electron chi connectivity index (χ0n) is 18.8. The van der Waals surface area contributed by atoms with Gasteiger partial charge in [-0.05, 0) is 36.5 Å². The minimum atomic E-state index is -0.202. The molecule has 1 spiro atoms. The molecule has 2 aromatic carbocycles. The molecule has 2 aliphatic heterocycles. The first-order valence-electron chi connectivity index (χ1n) is 11.3. The minimum absolute atomic E-state index is 0.0565. The Labute approximate surface area is 185 Å². The first-order chi connectivity index (χ1) is 15.1. The van der Waals surface area contributed by atoms with Gasteiger partial charge in [-0.2, -0.15) is 0 Å². The molecule has 2 heterocycles. The number of piperidine rings is 1. The molecule has 4 rings (SSSR count). The third-order valence-electron chi connectivity index (χ3n) is 6.74. The number of carbonyl (C=O) groups is 1. The number of methoxy groups -OCH3 is 1. The van der Waals surface area contributed by atoms with Crippen molar-refractivity contribution in [2.45, 2.75) is 37.9 Å². The molecular formula is C26H34N2O3. The maximum absolute atomic E-state index is 12.9. The van der Waals surface area contributed by atoms with Crippen molar-refractivity contribution in [3.05, 3.63) is 71.3 Å². The van der Waals surface area contributed by atoms with E-state index < -0.39 is 0 Å². The molecule has 0 aliphatic carbocycles. The molecule has 31 heavy (non-hydrogen) atoms. The average Bonchev–Trinajstić information content (AvgIpc) is 2.80. The van der Waals surface area contributed by atoms with Gasteiger partial charge in [0.1, 0.15) is 0 Å². The Morgan fingerprint density at radius 2 is 1.81 bits per heavy atom. The smallest absolute Gasteiger partial charge is 0.227 e. The molecule has 5 heteroatoms. The normalized spacial score (nSPS) is 21.4. The lowest BCUT2D eigenvalue weighted by Crippen LogP contribution is -2.58. The van der Waals surface area contributed by atoms with Crippen molar-refractivity contribution >= 4 is 5.91 Å². The van der Waals surface area contributed by atoms with E-state index in [1.807, 2.05) is 23.1 Å². The number of rotatable bonds is 6. The van der Waals surface area contributed by atoms with E-state index in [1.54, 1.807) is 7.11 Å². The lowest BCUT2D eigenvalue weighted by atomic mass is 9.87. The molecule has 5 nitrogen and oxygen atoms in total. The maximum Gasteiger partial charge on any atom is 0.227 e. The van der Waals surface area contributed by atoms with Crippen LogP contribution in [0.2, 0.25) is 0 Å². The fourth-order valence-electron chi connectivity index (χ4n) is 4.84. The van der Waals surface area contributed by atoms with Crippen LogP contribution in [0.3, 0.4) is 0 Å². The predicted molar refractivity (Wildman–Crippen MR) is 122 cm³/mol. The van der Waals surface area contributed by atoms with Gasteiger partial charge in [-0.15, -0.1) is 0 Å². The van der Waals surface area contributed by atoms with Crippen molar-refractivity contribution in [1.29, 1.82) is 0 Å².